The molecule has 0 saturated carbocycles. The van der Waals surface area contributed by atoms with Crippen molar-refractivity contribution in [1.82, 2.24) is 20.1 Å². The van der Waals surface area contributed by atoms with Crippen molar-refractivity contribution < 1.29 is 0 Å². The Labute approximate surface area is 106 Å². The van der Waals surface area contributed by atoms with Gasteiger partial charge in [-0.25, -0.2) is 9.67 Å². The third kappa shape index (κ3) is 2.73. The highest BCUT2D eigenvalue weighted by molar-refractivity contribution is 5.41. The summed E-state index contributed by atoms with van der Waals surface area (Å²) < 4.78 is 1.75. The molecule has 1 heterocycles. The van der Waals surface area contributed by atoms with Crippen LogP contribution in [0.15, 0.2) is 30.6 Å². The number of benzene rings is 1. The maximum Gasteiger partial charge on any atom is 0.146 e. The Bertz CT molecular complexity index is 565. The fourth-order valence-corrected chi connectivity index (χ4v) is 1.60. The Morgan fingerprint density at radius 3 is 3.00 bits per heavy atom. The molecule has 0 aliphatic heterocycles. The number of nitrogens with zero attached hydrogens (tertiary/aromatic N) is 4. The largest absolute Gasteiger partial charge is 0.308 e. The molecule has 18 heavy (non-hydrogen) atoms. The lowest BCUT2D eigenvalue weighted by Crippen LogP contribution is -2.24. The molecule has 5 heteroatoms. The van der Waals surface area contributed by atoms with E-state index in [1.54, 1.807) is 16.8 Å². The lowest BCUT2D eigenvalue weighted by Gasteiger charge is -2.09. The highest BCUT2D eigenvalue weighted by atomic mass is 15.3. The van der Waals surface area contributed by atoms with Crippen LogP contribution in [0.25, 0.3) is 5.69 Å². The smallest absolute Gasteiger partial charge is 0.146 e. The second-order valence-corrected chi connectivity index (χ2v) is 4.29. The molecule has 1 aromatic carbocycles. The van der Waals surface area contributed by atoms with Gasteiger partial charge in [0, 0.05) is 6.04 Å². The molecule has 0 spiro atoms. The third-order valence-electron chi connectivity index (χ3n) is 2.51. The van der Waals surface area contributed by atoms with E-state index >= 15 is 0 Å². The number of nitrogens with one attached hydrogen (secondary N) is 1. The lowest BCUT2D eigenvalue weighted by atomic mass is 10.2. The highest BCUT2D eigenvalue weighted by Gasteiger charge is 2.07. The van der Waals surface area contributed by atoms with Crippen molar-refractivity contribution in [2.24, 2.45) is 0 Å². The van der Waals surface area contributed by atoms with Crippen molar-refractivity contribution in [2.75, 3.05) is 0 Å². The molecule has 0 bridgehead atoms. The first-order valence-electron chi connectivity index (χ1n) is 5.83. The maximum atomic E-state index is 8.90. The van der Waals surface area contributed by atoms with Gasteiger partial charge in [0.15, 0.2) is 0 Å². The zero-order valence-electron chi connectivity index (χ0n) is 10.5. The van der Waals surface area contributed by atoms with Crippen molar-refractivity contribution in [3.63, 3.8) is 0 Å². The van der Waals surface area contributed by atoms with Gasteiger partial charge in [-0.05, 0) is 18.2 Å². The molecule has 0 saturated heterocycles. The summed E-state index contributed by atoms with van der Waals surface area (Å²) >= 11 is 0. The first-order chi connectivity index (χ1) is 8.70. The topological polar surface area (TPSA) is 66.5 Å². The van der Waals surface area contributed by atoms with E-state index in [2.05, 4.69) is 35.3 Å². The Hall–Kier alpha value is -2.19. The Balaban J connectivity index is 2.28. The van der Waals surface area contributed by atoms with Gasteiger partial charge < -0.3 is 5.32 Å². The Morgan fingerprint density at radius 2 is 2.28 bits per heavy atom. The summed E-state index contributed by atoms with van der Waals surface area (Å²) in [6.45, 7) is 4.81. The molecule has 1 N–H and O–H groups in total. The van der Waals surface area contributed by atoms with Crippen molar-refractivity contribution in [1.29, 1.82) is 5.26 Å². The van der Waals surface area contributed by atoms with E-state index in [4.69, 9.17) is 5.26 Å². The maximum absolute atomic E-state index is 8.90. The number of aromatic nitrogens is 3. The van der Waals surface area contributed by atoms with Crippen molar-refractivity contribution in [2.45, 2.75) is 26.4 Å². The van der Waals surface area contributed by atoms with Gasteiger partial charge >= 0.3 is 0 Å². The molecule has 0 unspecified atom stereocenters. The van der Waals surface area contributed by atoms with Crippen LogP contribution >= 0.6 is 0 Å². The summed E-state index contributed by atoms with van der Waals surface area (Å²) in [6, 6.07) is 9.83. The van der Waals surface area contributed by atoms with Gasteiger partial charge in [-0.15, -0.1) is 0 Å². The van der Waals surface area contributed by atoms with E-state index in [0.717, 1.165) is 11.5 Å². The van der Waals surface area contributed by atoms with Gasteiger partial charge in [-0.3, -0.25) is 0 Å². The average molecular weight is 241 g/mol. The summed E-state index contributed by atoms with van der Waals surface area (Å²) in [5.41, 5.74) is 1.47. The van der Waals surface area contributed by atoms with Crippen LogP contribution in [0, 0.1) is 11.3 Å². The van der Waals surface area contributed by atoms with Crippen LogP contribution in [0.3, 0.4) is 0 Å². The minimum atomic E-state index is 0.389. The summed E-state index contributed by atoms with van der Waals surface area (Å²) in [7, 11) is 0. The first-order valence-corrected chi connectivity index (χ1v) is 5.83. The fraction of sp³-hybridized carbons (Fsp3) is 0.308. The molecule has 92 valence electrons. The van der Waals surface area contributed by atoms with Crippen molar-refractivity contribution in [3.8, 4) is 11.8 Å². The zero-order valence-corrected chi connectivity index (χ0v) is 10.5. The molecule has 0 aliphatic rings. The SMILES string of the molecule is CC(C)NCc1ncnn1-c1cccc(C#N)c1. The normalized spacial score (nSPS) is 10.6. The van der Waals surface area contributed by atoms with Crippen LogP contribution in [0.5, 0.6) is 0 Å². The second kappa shape index (κ2) is 5.43. The number of nitriles is 1. The van der Waals surface area contributed by atoms with Crippen LogP contribution in [-0.4, -0.2) is 20.8 Å². The number of hydrogen-bond acceptors (Lipinski definition) is 4. The van der Waals surface area contributed by atoms with E-state index in [1.807, 2.05) is 12.1 Å². The molecule has 0 radical (unpaired) electrons. The predicted octanol–water partition coefficient (Wildman–Crippen LogP) is 1.64. The standard InChI is InChI=1S/C13H15N5/c1-10(2)15-8-13-16-9-17-18(13)12-5-3-4-11(6-12)7-14/h3-6,9-10,15H,8H2,1-2H3. The molecule has 0 aliphatic carbocycles. The average Bonchev–Trinajstić information content (AvgIpc) is 2.84. The molecule has 1 aromatic heterocycles. The molecule has 0 fully saturated rings. The van der Waals surface area contributed by atoms with Crippen LogP contribution in [0.2, 0.25) is 0 Å². The summed E-state index contributed by atoms with van der Waals surface area (Å²) in [4.78, 5) is 4.23. The van der Waals surface area contributed by atoms with Crippen molar-refractivity contribution >= 4 is 0 Å². The van der Waals surface area contributed by atoms with Crippen LogP contribution in [0.4, 0.5) is 0 Å². The van der Waals surface area contributed by atoms with E-state index in [9.17, 15) is 0 Å². The zero-order chi connectivity index (χ0) is 13.0. The van der Waals surface area contributed by atoms with Crippen LogP contribution in [-0.2, 0) is 6.54 Å². The minimum Gasteiger partial charge on any atom is -0.308 e. The molecule has 0 atom stereocenters. The predicted molar refractivity (Wildman–Crippen MR) is 68.0 cm³/mol. The molecular weight excluding hydrogens is 226 g/mol. The number of hydrogen-bond donors (Lipinski definition) is 1. The van der Waals surface area contributed by atoms with E-state index in [1.165, 1.54) is 6.33 Å². The van der Waals surface area contributed by atoms with Crippen LogP contribution < -0.4 is 5.32 Å². The summed E-state index contributed by atoms with van der Waals surface area (Å²) in [6.07, 6.45) is 1.52. The molecule has 0 amide bonds. The number of rotatable bonds is 4. The van der Waals surface area contributed by atoms with Gasteiger partial charge in [-0.1, -0.05) is 19.9 Å². The second-order valence-electron chi connectivity index (χ2n) is 4.29. The molecule has 5 nitrogen and oxygen atoms in total. The van der Waals surface area contributed by atoms with E-state index in [-0.39, 0.29) is 0 Å². The minimum absolute atomic E-state index is 0.389. The summed E-state index contributed by atoms with van der Waals surface area (Å²) in [5, 5.41) is 16.4. The van der Waals surface area contributed by atoms with Crippen molar-refractivity contribution in [3.05, 3.63) is 42.0 Å². The summed E-state index contributed by atoms with van der Waals surface area (Å²) in [5.74, 6) is 0.832. The van der Waals surface area contributed by atoms with Crippen LogP contribution in [0.1, 0.15) is 25.2 Å². The lowest BCUT2D eigenvalue weighted by molar-refractivity contribution is 0.563. The van der Waals surface area contributed by atoms with Gasteiger partial charge in [0.05, 0.1) is 23.9 Å². The monoisotopic (exact) mass is 241 g/mol. The Morgan fingerprint density at radius 1 is 1.44 bits per heavy atom. The molecule has 2 aromatic rings. The van der Waals surface area contributed by atoms with Gasteiger partial charge in [0.1, 0.15) is 12.2 Å². The molecular formula is C13H15N5. The first kappa shape index (κ1) is 12.3. The van der Waals surface area contributed by atoms with Gasteiger partial charge in [0.2, 0.25) is 0 Å². The van der Waals surface area contributed by atoms with Gasteiger partial charge in [-0.2, -0.15) is 10.4 Å². The molecule has 2 rings (SSSR count). The Kier molecular flexibility index (Phi) is 3.70. The highest BCUT2D eigenvalue weighted by Crippen LogP contribution is 2.10. The van der Waals surface area contributed by atoms with E-state index < -0.39 is 0 Å². The third-order valence-corrected chi connectivity index (χ3v) is 2.51. The van der Waals surface area contributed by atoms with Gasteiger partial charge in [0.25, 0.3) is 0 Å². The fourth-order valence-electron chi connectivity index (χ4n) is 1.60. The van der Waals surface area contributed by atoms with E-state index in [0.29, 0.717) is 18.2 Å². The quantitative estimate of drug-likeness (QED) is 0.883.